The lowest BCUT2D eigenvalue weighted by Gasteiger charge is -2.36. The molecule has 1 aliphatic heterocycles. The van der Waals surface area contributed by atoms with E-state index in [0.717, 1.165) is 49.3 Å². The zero-order valence-electron chi connectivity index (χ0n) is 13.6. The van der Waals surface area contributed by atoms with Gasteiger partial charge in [0.05, 0.1) is 23.9 Å². The van der Waals surface area contributed by atoms with E-state index in [1.54, 1.807) is 18.4 Å². The van der Waals surface area contributed by atoms with Crippen molar-refractivity contribution < 1.29 is 9.84 Å². The lowest BCUT2D eigenvalue weighted by molar-refractivity contribution is -0.0134. The van der Waals surface area contributed by atoms with Crippen molar-refractivity contribution in [2.45, 2.75) is 26.3 Å². The fourth-order valence-corrected chi connectivity index (χ4v) is 3.25. The minimum absolute atomic E-state index is 0.105. The first kappa shape index (κ1) is 17.2. The highest BCUT2D eigenvalue weighted by molar-refractivity contribution is 7.09. The van der Waals surface area contributed by atoms with Crippen LogP contribution in [0.15, 0.2) is 10.4 Å². The molecule has 2 heterocycles. The Kier molecular flexibility index (Phi) is 6.16. The van der Waals surface area contributed by atoms with Crippen molar-refractivity contribution in [3.8, 4) is 0 Å². The molecule has 0 aliphatic carbocycles. The summed E-state index contributed by atoms with van der Waals surface area (Å²) in [5.74, 6) is 0.824. The quantitative estimate of drug-likeness (QED) is 0.629. The summed E-state index contributed by atoms with van der Waals surface area (Å²) in [4.78, 5) is 10.9. The van der Waals surface area contributed by atoms with Gasteiger partial charge in [0.25, 0.3) is 0 Å². The van der Waals surface area contributed by atoms with Crippen molar-refractivity contribution >= 4 is 17.3 Å². The SMILES string of the molecule is CN=C(NCC1(CO)CCOCC1)N(C)Cc1csc(C)n1. The fraction of sp³-hybridized carbons (Fsp3) is 0.733. The van der Waals surface area contributed by atoms with Crippen LogP contribution in [-0.4, -0.2) is 61.4 Å². The van der Waals surface area contributed by atoms with Crippen LogP contribution in [0.25, 0.3) is 0 Å². The number of aliphatic hydroxyl groups is 1. The van der Waals surface area contributed by atoms with Gasteiger partial charge < -0.3 is 20.1 Å². The largest absolute Gasteiger partial charge is 0.396 e. The summed E-state index contributed by atoms with van der Waals surface area (Å²) in [6.07, 6.45) is 1.75. The van der Waals surface area contributed by atoms with E-state index in [9.17, 15) is 5.11 Å². The molecule has 0 unspecified atom stereocenters. The van der Waals surface area contributed by atoms with Crippen LogP contribution in [0.4, 0.5) is 0 Å². The number of aromatic nitrogens is 1. The van der Waals surface area contributed by atoms with Crippen molar-refractivity contribution in [1.82, 2.24) is 15.2 Å². The number of nitrogens with zero attached hydrogens (tertiary/aromatic N) is 3. The monoisotopic (exact) mass is 326 g/mol. The molecule has 1 aromatic rings. The third-order valence-electron chi connectivity index (χ3n) is 4.15. The number of aryl methyl sites for hydroxylation is 1. The third-order valence-corrected chi connectivity index (χ3v) is 4.97. The van der Waals surface area contributed by atoms with E-state index in [0.29, 0.717) is 6.54 Å². The summed E-state index contributed by atoms with van der Waals surface area (Å²) < 4.78 is 5.40. The Hall–Kier alpha value is -1.18. The minimum atomic E-state index is -0.105. The molecule has 0 radical (unpaired) electrons. The van der Waals surface area contributed by atoms with Crippen molar-refractivity contribution in [3.05, 3.63) is 16.1 Å². The Morgan fingerprint density at radius 1 is 1.55 bits per heavy atom. The van der Waals surface area contributed by atoms with Crippen LogP contribution < -0.4 is 5.32 Å². The maximum atomic E-state index is 9.75. The first-order valence-electron chi connectivity index (χ1n) is 7.60. The number of rotatable bonds is 5. The molecular weight excluding hydrogens is 300 g/mol. The summed E-state index contributed by atoms with van der Waals surface area (Å²) >= 11 is 1.66. The molecule has 0 aromatic carbocycles. The maximum absolute atomic E-state index is 9.75. The molecule has 0 spiro atoms. The standard InChI is InChI=1S/C15H26N4O2S/c1-12-18-13(9-22-12)8-19(3)14(16-2)17-10-15(11-20)4-6-21-7-5-15/h9,20H,4-8,10-11H2,1-3H3,(H,16,17). The molecule has 7 heteroatoms. The number of thiazole rings is 1. The second-order valence-corrected chi connectivity index (χ2v) is 6.95. The third kappa shape index (κ3) is 4.41. The number of nitrogens with one attached hydrogen (secondary N) is 1. The van der Waals surface area contributed by atoms with Gasteiger partial charge in [-0.15, -0.1) is 11.3 Å². The van der Waals surface area contributed by atoms with E-state index in [4.69, 9.17) is 4.74 Å². The molecule has 0 bridgehead atoms. The van der Waals surface area contributed by atoms with Crippen molar-refractivity contribution in [2.75, 3.05) is 40.5 Å². The second-order valence-electron chi connectivity index (χ2n) is 5.89. The average molecular weight is 326 g/mol. The van der Waals surface area contributed by atoms with Gasteiger partial charge in [0.15, 0.2) is 5.96 Å². The van der Waals surface area contributed by atoms with Crippen molar-refractivity contribution in [2.24, 2.45) is 10.4 Å². The highest BCUT2D eigenvalue weighted by Gasteiger charge is 2.32. The predicted molar refractivity (Wildman–Crippen MR) is 89.3 cm³/mol. The molecule has 1 fully saturated rings. The summed E-state index contributed by atoms with van der Waals surface area (Å²) in [6, 6.07) is 0. The molecule has 124 valence electrons. The van der Waals surface area contributed by atoms with E-state index in [2.05, 4.69) is 25.6 Å². The lowest BCUT2D eigenvalue weighted by Crippen LogP contribution is -2.47. The number of ether oxygens (including phenoxy) is 1. The Morgan fingerprint density at radius 2 is 2.27 bits per heavy atom. The van der Waals surface area contributed by atoms with Crippen LogP contribution in [0.5, 0.6) is 0 Å². The van der Waals surface area contributed by atoms with Crippen molar-refractivity contribution in [3.63, 3.8) is 0 Å². The topological polar surface area (TPSA) is 70.0 Å². The lowest BCUT2D eigenvalue weighted by atomic mass is 9.81. The summed E-state index contributed by atoms with van der Waals surface area (Å²) in [6.45, 7) is 5.05. The van der Waals surface area contributed by atoms with E-state index < -0.39 is 0 Å². The van der Waals surface area contributed by atoms with Gasteiger partial charge in [-0.3, -0.25) is 4.99 Å². The molecule has 1 aromatic heterocycles. The molecule has 1 saturated heterocycles. The average Bonchev–Trinajstić information content (AvgIpc) is 2.94. The molecule has 0 atom stereocenters. The zero-order chi connectivity index (χ0) is 16.0. The summed E-state index contributed by atoms with van der Waals surface area (Å²) in [7, 11) is 3.78. The van der Waals surface area contributed by atoms with Gasteiger partial charge in [0.1, 0.15) is 0 Å². The number of hydrogen-bond acceptors (Lipinski definition) is 5. The first-order chi connectivity index (χ1) is 10.6. The van der Waals surface area contributed by atoms with Crippen LogP contribution in [0.2, 0.25) is 0 Å². The number of aliphatic imine (C=N–C) groups is 1. The van der Waals surface area contributed by atoms with Crippen LogP contribution in [-0.2, 0) is 11.3 Å². The first-order valence-corrected chi connectivity index (χ1v) is 8.48. The van der Waals surface area contributed by atoms with Gasteiger partial charge in [-0.25, -0.2) is 4.98 Å². The minimum Gasteiger partial charge on any atom is -0.396 e. The molecule has 2 N–H and O–H groups in total. The Bertz CT molecular complexity index is 497. The molecule has 2 rings (SSSR count). The zero-order valence-corrected chi connectivity index (χ0v) is 14.4. The molecule has 0 saturated carbocycles. The van der Waals surface area contributed by atoms with E-state index in [1.165, 1.54) is 0 Å². The molecule has 1 aliphatic rings. The molecular formula is C15H26N4O2S. The van der Waals surface area contributed by atoms with Crippen LogP contribution in [0, 0.1) is 12.3 Å². The highest BCUT2D eigenvalue weighted by atomic mass is 32.1. The predicted octanol–water partition coefficient (Wildman–Crippen LogP) is 1.25. The number of hydrogen-bond donors (Lipinski definition) is 2. The highest BCUT2D eigenvalue weighted by Crippen LogP contribution is 2.29. The fourth-order valence-electron chi connectivity index (χ4n) is 2.65. The number of guanidine groups is 1. The van der Waals surface area contributed by atoms with Gasteiger partial charge in [-0.2, -0.15) is 0 Å². The van der Waals surface area contributed by atoms with Crippen LogP contribution in [0.1, 0.15) is 23.5 Å². The van der Waals surface area contributed by atoms with Gasteiger partial charge in [-0.1, -0.05) is 0 Å². The molecule has 22 heavy (non-hydrogen) atoms. The van der Waals surface area contributed by atoms with E-state index in [1.807, 2.05) is 14.0 Å². The summed E-state index contributed by atoms with van der Waals surface area (Å²) in [5, 5.41) is 16.3. The van der Waals surface area contributed by atoms with Gasteiger partial charge in [0, 0.05) is 44.6 Å². The van der Waals surface area contributed by atoms with Gasteiger partial charge in [0.2, 0.25) is 0 Å². The van der Waals surface area contributed by atoms with Crippen LogP contribution in [0.3, 0.4) is 0 Å². The van der Waals surface area contributed by atoms with Crippen LogP contribution >= 0.6 is 11.3 Å². The Balaban J connectivity index is 1.91. The normalized spacial score (nSPS) is 18.3. The second kappa shape index (κ2) is 7.89. The molecule has 6 nitrogen and oxygen atoms in total. The van der Waals surface area contributed by atoms with Gasteiger partial charge >= 0.3 is 0 Å². The van der Waals surface area contributed by atoms with E-state index >= 15 is 0 Å². The van der Waals surface area contributed by atoms with Crippen molar-refractivity contribution in [1.29, 1.82) is 0 Å². The van der Waals surface area contributed by atoms with E-state index in [-0.39, 0.29) is 12.0 Å². The molecule has 0 amide bonds. The van der Waals surface area contributed by atoms with Gasteiger partial charge in [-0.05, 0) is 19.8 Å². The summed E-state index contributed by atoms with van der Waals surface area (Å²) in [5.41, 5.74) is 0.947. The number of aliphatic hydroxyl groups excluding tert-OH is 1. The maximum Gasteiger partial charge on any atom is 0.193 e. The smallest absolute Gasteiger partial charge is 0.193 e. The Labute approximate surface area is 136 Å². The Morgan fingerprint density at radius 3 is 2.82 bits per heavy atom.